The molecule has 0 unspecified atom stereocenters. The highest BCUT2D eigenvalue weighted by atomic mass is 19.4. The molecule has 2 aromatic rings. The van der Waals surface area contributed by atoms with Gasteiger partial charge in [0.05, 0.1) is 18.1 Å². The number of amides is 1. The summed E-state index contributed by atoms with van der Waals surface area (Å²) in [6.07, 6.45) is 6.85. The average molecular weight is 429 g/mol. The van der Waals surface area contributed by atoms with E-state index in [4.69, 9.17) is 12.2 Å². The summed E-state index contributed by atoms with van der Waals surface area (Å²) in [5, 5.41) is 2.79. The lowest BCUT2D eigenvalue weighted by Gasteiger charge is -2.27. The number of rotatable bonds is 4. The molecule has 0 saturated heterocycles. The van der Waals surface area contributed by atoms with Crippen LogP contribution in [0.25, 0.3) is 0 Å². The molecule has 2 heterocycles. The molecule has 0 aromatic carbocycles. The van der Waals surface area contributed by atoms with Crippen molar-refractivity contribution in [2.75, 3.05) is 11.1 Å². The number of terminal acetylenes is 1. The number of nitrogens with two attached hydrogens (primary N) is 1. The van der Waals surface area contributed by atoms with Gasteiger partial charge in [0.25, 0.3) is 5.91 Å². The maximum atomic E-state index is 12.8. The Morgan fingerprint density at radius 3 is 2.42 bits per heavy atom. The Kier molecular flexibility index (Phi) is 6.59. The Morgan fingerprint density at radius 2 is 1.90 bits per heavy atom. The first-order valence-corrected chi connectivity index (χ1v) is 9.87. The normalized spacial score (nSPS) is 16.5. The molecule has 3 rings (SSSR count). The molecule has 1 aliphatic carbocycles. The second kappa shape index (κ2) is 9.16. The van der Waals surface area contributed by atoms with Crippen LogP contribution in [0.15, 0.2) is 35.7 Å². The topological polar surface area (TPSA) is 93.8 Å². The van der Waals surface area contributed by atoms with E-state index in [-0.39, 0.29) is 23.5 Å². The van der Waals surface area contributed by atoms with E-state index in [9.17, 15) is 18.0 Å². The maximum Gasteiger partial charge on any atom is 0.433 e. The number of nitrogens with zero attached hydrogens (tertiary/aromatic N) is 3. The first kappa shape index (κ1) is 22.3. The highest BCUT2D eigenvalue weighted by Crippen LogP contribution is 2.40. The summed E-state index contributed by atoms with van der Waals surface area (Å²) in [5.41, 5.74) is 7.63. The Labute approximate surface area is 178 Å². The standard InChI is InChI=1S/C22H22F3N5O/c1-3-16(21(31)29-15-11-27-19(4-2)28-12-15)13-5-7-14(8-6-13)17-9-10-18(22(23,24)25)30-20(17)26/h2,9-12,14H,3,5-8H2,1H3,(H2,26,30)(H,29,31). The molecule has 0 spiro atoms. The van der Waals surface area contributed by atoms with Gasteiger partial charge in [-0.1, -0.05) is 18.6 Å². The molecule has 1 aliphatic rings. The molecular formula is C22H22F3N5O. The molecule has 3 N–H and O–H groups in total. The smallest absolute Gasteiger partial charge is 0.383 e. The largest absolute Gasteiger partial charge is 0.433 e. The van der Waals surface area contributed by atoms with Gasteiger partial charge in [-0.2, -0.15) is 13.2 Å². The summed E-state index contributed by atoms with van der Waals surface area (Å²) in [6, 6.07) is 2.38. The van der Waals surface area contributed by atoms with E-state index >= 15 is 0 Å². The van der Waals surface area contributed by atoms with Gasteiger partial charge < -0.3 is 11.1 Å². The first-order chi connectivity index (χ1) is 14.7. The van der Waals surface area contributed by atoms with E-state index in [1.807, 2.05) is 6.92 Å². The number of nitrogens with one attached hydrogen (secondary N) is 1. The van der Waals surface area contributed by atoms with Crippen LogP contribution in [-0.2, 0) is 11.0 Å². The van der Waals surface area contributed by atoms with Gasteiger partial charge in [0.2, 0.25) is 5.82 Å². The summed E-state index contributed by atoms with van der Waals surface area (Å²) in [6.45, 7) is 1.91. The van der Waals surface area contributed by atoms with Crippen molar-refractivity contribution in [3.63, 3.8) is 0 Å². The minimum atomic E-state index is -4.52. The molecule has 162 valence electrons. The fourth-order valence-electron chi connectivity index (χ4n) is 3.81. The number of halogens is 3. The third kappa shape index (κ3) is 5.20. The number of pyridine rings is 1. The summed E-state index contributed by atoms with van der Waals surface area (Å²) >= 11 is 0. The van der Waals surface area contributed by atoms with Gasteiger partial charge in [-0.05, 0) is 55.6 Å². The summed E-state index contributed by atoms with van der Waals surface area (Å²) < 4.78 is 38.4. The van der Waals surface area contributed by atoms with Gasteiger partial charge >= 0.3 is 6.18 Å². The lowest BCUT2D eigenvalue weighted by atomic mass is 9.79. The molecule has 0 aliphatic heterocycles. The number of allylic oxidation sites excluding steroid dienone is 1. The highest BCUT2D eigenvalue weighted by Gasteiger charge is 2.33. The predicted molar refractivity (Wildman–Crippen MR) is 111 cm³/mol. The van der Waals surface area contributed by atoms with Crippen molar-refractivity contribution in [3.05, 3.63) is 52.8 Å². The van der Waals surface area contributed by atoms with Crippen molar-refractivity contribution < 1.29 is 18.0 Å². The van der Waals surface area contributed by atoms with E-state index in [1.165, 1.54) is 18.5 Å². The van der Waals surface area contributed by atoms with Crippen LogP contribution in [0.1, 0.15) is 62.0 Å². The molecule has 0 bridgehead atoms. The fourth-order valence-corrected chi connectivity index (χ4v) is 3.81. The van der Waals surface area contributed by atoms with Crippen molar-refractivity contribution in [2.45, 2.75) is 51.1 Å². The van der Waals surface area contributed by atoms with E-state index in [2.05, 4.69) is 26.2 Å². The predicted octanol–water partition coefficient (Wildman–Crippen LogP) is 4.46. The Balaban J connectivity index is 1.70. The number of carbonyl (C=O) groups is 1. The van der Waals surface area contributed by atoms with E-state index < -0.39 is 11.9 Å². The van der Waals surface area contributed by atoms with Gasteiger partial charge in [-0.3, -0.25) is 4.79 Å². The van der Waals surface area contributed by atoms with Gasteiger partial charge in [0, 0.05) is 5.57 Å². The molecule has 1 saturated carbocycles. The molecule has 31 heavy (non-hydrogen) atoms. The van der Waals surface area contributed by atoms with Crippen molar-refractivity contribution in [2.24, 2.45) is 0 Å². The minimum Gasteiger partial charge on any atom is -0.383 e. The summed E-state index contributed by atoms with van der Waals surface area (Å²) in [4.78, 5) is 24.2. The van der Waals surface area contributed by atoms with Crippen molar-refractivity contribution in [1.82, 2.24) is 15.0 Å². The number of hydrogen-bond acceptors (Lipinski definition) is 5. The molecule has 2 aromatic heterocycles. The van der Waals surface area contributed by atoms with Crippen LogP contribution in [0.2, 0.25) is 0 Å². The van der Waals surface area contributed by atoms with Crippen LogP contribution in [0, 0.1) is 12.3 Å². The van der Waals surface area contributed by atoms with Crippen molar-refractivity contribution >= 4 is 17.4 Å². The minimum absolute atomic E-state index is 0.00408. The zero-order valence-electron chi connectivity index (χ0n) is 17.0. The van der Waals surface area contributed by atoms with Crippen LogP contribution in [0.5, 0.6) is 0 Å². The average Bonchev–Trinajstić information content (AvgIpc) is 2.75. The Morgan fingerprint density at radius 1 is 1.26 bits per heavy atom. The van der Waals surface area contributed by atoms with Crippen molar-refractivity contribution in [3.8, 4) is 12.3 Å². The fraction of sp³-hybridized carbons (Fsp3) is 0.364. The zero-order valence-corrected chi connectivity index (χ0v) is 17.0. The molecule has 0 radical (unpaired) electrons. The third-order valence-electron chi connectivity index (χ3n) is 5.37. The van der Waals surface area contributed by atoms with Crippen LogP contribution in [0.3, 0.4) is 0 Å². The molecule has 6 nitrogen and oxygen atoms in total. The number of anilines is 2. The maximum absolute atomic E-state index is 12.8. The Bertz CT molecular complexity index is 1030. The van der Waals surface area contributed by atoms with Crippen molar-refractivity contribution in [1.29, 1.82) is 0 Å². The van der Waals surface area contributed by atoms with Crippen LogP contribution >= 0.6 is 0 Å². The molecule has 1 fully saturated rings. The number of nitrogen functional groups attached to an aromatic ring is 1. The lowest BCUT2D eigenvalue weighted by molar-refractivity contribution is -0.141. The lowest BCUT2D eigenvalue weighted by Crippen LogP contribution is -2.19. The van der Waals surface area contributed by atoms with Gasteiger partial charge in [-0.15, -0.1) is 6.42 Å². The number of carbonyl (C=O) groups excluding carboxylic acids is 1. The van der Waals surface area contributed by atoms with Gasteiger partial charge in [0.15, 0.2) is 0 Å². The number of aromatic nitrogens is 3. The second-order valence-corrected chi connectivity index (χ2v) is 7.27. The molecule has 9 heteroatoms. The van der Waals surface area contributed by atoms with Gasteiger partial charge in [-0.25, -0.2) is 15.0 Å². The first-order valence-electron chi connectivity index (χ1n) is 9.87. The quantitative estimate of drug-likeness (QED) is 0.553. The number of alkyl halides is 3. The van der Waals surface area contributed by atoms with E-state index in [0.29, 0.717) is 48.9 Å². The molecular weight excluding hydrogens is 407 g/mol. The van der Waals surface area contributed by atoms with E-state index in [0.717, 1.165) is 11.6 Å². The second-order valence-electron chi connectivity index (χ2n) is 7.27. The van der Waals surface area contributed by atoms with Crippen LogP contribution < -0.4 is 11.1 Å². The summed E-state index contributed by atoms with van der Waals surface area (Å²) in [7, 11) is 0. The monoisotopic (exact) mass is 429 g/mol. The summed E-state index contributed by atoms with van der Waals surface area (Å²) in [5.74, 6) is 2.25. The van der Waals surface area contributed by atoms with Crippen LogP contribution in [0.4, 0.5) is 24.7 Å². The molecule has 0 atom stereocenters. The number of hydrogen-bond donors (Lipinski definition) is 2. The SMILES string of the molecule is C#Cc1ncc(NC(=O)C(CC)=C2CCC(c3ccc(C(F)(F)F)nc3N)CC2)cn1. The third-order valence-corrected chi connectivity index (χ3v) is 5.37. The molecule has 1 amide bonds. The Hall–Kier alpha value is -3.41. The zero-order chi connectivity index (χ0) is 22.6. The van der Waals surface area contributed by atoms with E-state index in [1.54, 1.807) is 0 Å². The van der Waals surface area contributed by atoms with Gasteiger partial charge in [0.1, 0.15) is 11.5 Å². The highest BCUT2D eigenvalue weighted by molar-refractivity contribution is 6.04. The van der Waals surface area contributed by atoms with Crippen LogP contribution in [-0.4, -0.2) is 20.9 Å².